The van der Waals surface area contributed by atoms with Crippen molar-refractivity contribution in [3.05, 3.63) is 12.2 Å². The summed E-state index contributed by atoms with van der Waals surface area (Å²) < 4.78 is 5.53. The van der Waals surface area contributed by atoms with Crippen molar-refractivity contribution in [2.45, 2.75) is 46.1 Å². The van der Waals surface area contributed by atoms with Gasteiger partial charge in [0.2, 0.25) is 0 Å². The summed E-state index contributed by atoms with van der Waals surface area (Å²) in [7, 11) is 0. The Kier molecular flexibility index (Phi) is 2.85. The minimum Gasteiger partial charge on any atom is -0.460 e. The fourth-order valence-electron chi connectivity index (χ4n) is 3.95. The van der Waals surface area contributed by atoms with E-state index in [2.05, 4.69) is 32.9 Å². The molecule has 2 aliphatic rings. The second-order valence-electron chi connectivity index (χ2n) is 5.74. The lowest BCUT2D eigenvalue weighted by molar-refractivity contribution is -0.162. The molecule has 0 heterocycles. The molecule has 1 fully saturated rings. The van der Waals surface area contributed by atoms with Crippen LogP contribution in [0, 0.1) is 23.7 Å². The van der Waals surface area contributed by atoms with E-state index in [-0.39, 0.29) is 11.6 Å². The maximum absolute atomic E-state index is 11.2. The summed E-state index contributed by atoms with van der Waals surface area (Å²) in [4.78, 5) is 11.2. The highest BCUT2D eigenvalue weighted by Crippen LogP contribution is 2.54. The summed E-state index contributed by atoms with van der Waals surface area (Å²) in [5, 5.41) is 0. The van der Waals surface area contributed by atoms with Crippen LogP contribution in [0.5, 0.6) is 0 Å². The lowest BCUT2D eigenvalue weighted by Gasteiger charge is -2.39. The van der Waals surface area contributed by atoms with Gasteiger partial charge in [-0.2, -0.15) is 0 Å². The number of hydrogen-bond donors (Lipinski definition) is 0. The van der Waals surface area contributed by atoms with Gasteiger partial charge in [0.1, 0.15) is 5.60 Å². The first-order valence-corrected chi connectivity index (χ1v) is 6.33. The monoisotopic (exact) mass is 222 g/mol. The van der Waals surface area contributed by atoms with Gasteiger partial charge in [-0.05, 0) is 38.0 Å². The van der Waals surface area contributed by atoms with Crippen molar-refractivity contribution in [3.63, 3.8) is 0 Å². The maximum Gasteiger partial charge on any atom is 0.303 e. The summed E-state index contributed by atoms with van der Waals surface area (Å²) in [6, 6.07) is 0. The molecule has 0 aromatic heterocycles. The number of carbonyl (C=O) groups excluding carboxylic acids is 1. The molecule has 0 aromatic rings. The van der Waals surface area contributed by atoms with Crippen LogP contribution in [0.2, 0.25) is 0 Å². The predicted molar refractivity (Wildman–Crippen MR) is 63.9 cm³/mol. The van der Waals surface area contributed by atoms with Gasteiger partial charge in [-0.25, -0.2) is 0 Å². The number of ether oxygens (including phenoxy) is 1. The number of esters is 1. The van der Waals surface area contributed by atoms with E-state index in [1.807, 2.05) is 0 Å². The van der Waals surface area contributed by atoms with E-state index in [4.69, 9.17) is 4.74 Å². The lowest BCUT2D eigenvalue weighted by Crippen LogP contribution is -2.42. The van der Waals surface area contributed by atoms with E-state index in [1.54, 1.807) is 0 Å². The second-order valence-corrected chi connectivity index (χ2v) is 5.74. The van der Waals surface area contributed by atoms with Crippen LogP contribution in [-0.4, -0.2) is 11.6 Å². The molecule has 2 heteroatoms. The molecule has 2 aliphatic carbocycles. The molecule has 2 rings (SSSR count). The topological polar surface area (TPSA) is 26.3 Å². The van der Waals surface area contributed by atoms with Gasteiger partial charge in [0, 0.05) is 12.8 Å². The smallest absolute Gasteiger partial charge is 0.303 e. The molecule has 2 nitrogen and oxygen atoms in total. The van der Waals surface area contributed by atoms with Crippen LogP contribution in [0.4, 0.5) is 0 Å². The Balaban J connectivity index is 2.19. The third-order valence-electron chi connectivity index (χ3n) is 4.30. The van der Waals surface area contributed by atoms with Crippen LogP contribution in [-0.2, 0) is 9.53 Å². The standard InChI is InChI=1S/C14H22O2/c1-5-12-10-6-7-11(8-10)13(12)14(3,4)16-9(2)15/h6-7,10-13H,5,8H2,1-4H3. The SMILES string of the molecule is CCC1C2C=CC(C2)C1C(C)(C)OC(C)=O. The molecule has 0 N–H and O–H groups in total. The van der Waals surface area contributed by atoms with Crippen LogP contribution in [0.1, 0.15) is 40.5 Å². The van der Waals surface area contributed by atoms with Crippen molar-refractivity contribution in [2.24, 2.45) is 23.7 Å². The van der Waals surface area contributed by atoms with Crippen molar-refractivity contribution in [2.75, 3.05) is 0 Å². The number of fused-ring (bicyclic) bond motifs is 2. The van der Waals surface area contributed by atoms with E-state index < -0.39 is 0 Å². The number of allylic oxidation sites excluding steroid dienone is 2. The summed E-state index contributed by atoms with van der Waals surface area (Å²) in [5.74, 6) is 2.35. The zero-order valence-electron chi connectivity index (χ0n) is 10.7. The number of rotatable bonds is 3. The van der Waals surface area contributed by atoms with E-state index in [0.29, 0.717) is 17.8 Å². The molecule has 4 atom stereocenters. The van der Waals surface area contributed by atoms with Gasteiger partial charge in [-0.1, -0.05) is 25.5 Å². The average Bonchev–Trinajstić information content (AvgIpc) is 2.73. The van der Waals surface area contributed by atoms with Gasteiger partial charge in [-0.3, -0.25) is 4.79 Å². The lowest BCUT2D eigenvalue weighted by atomic mass is 9.72. The fraction of sp³-hybridized carbons (Fsp3) is 0.786. The van der Waals surface area contributed by atoms with Crippen LogP contribution in [0.15, 0.2) is 12.2 Å². The molecule has 0 amide bonds. The predicted octanol–water partition coefficient (Wildman–Crippen LogP) is 3.18. The van der Waals surface area contributed by atoms with Crippen LogP contribution in [0.25, 0.3) is 0 Å². The molecule has 4 unspecified atom stereocenters. The van der Waals surface area contributed by atoms with E-state index >= 15 is 0 Å². The third-order valence-corrected chi connectivity index (χ3v) is 4.30. The Morgan fingerprint density at radius 1 is 1.38 bits per heavy atom. The Morgan fingerprint density at radius 2 is 2.00 bits per heavy atom. The molecule has 16 heavy (non-hydrogen) atoms. The highest BCUT2D eigenvalue weighted by Gasteiger charge is 2.51. The molecule has 90 valence electrons. The molecule has 2 bridgehead atoms. The van der Waals surface area contributed by atoms with Gasteiger partial charge < -0.3 is 4.74 Å². The summed E-state index contributed by atoms with van der Waals surface area (Å²) >= 11 is 0. The van der Waals surface area contributed by atoms with Gasteiger partial charge >= 0.3 is 5.97 Å². The number of carbonyl (C=O) groups is 1. The third kappa shape index (κ3) is 1.79. The number of hydrogen-bond acceptors (Lipinski definition) is 2. The first kappa shape index (κ1) is 11.7. The second kappa shape index (κ2) is 3.90. The minimum absolute atomic E-state index is 0.161. The average molecular weight is 222 g/mol. The zero-order chi connectivity index (χ0) is 11.9. The Labute approximate surface area is 98.1 Å². The van der Waals surface area contributed by atoms with Crippen LogP contribution >= 0.6 is 0 Å². The quantitative estimate of drug-likeness (QED) is 0.541. The first-order chi connectivity index (χ1) is 7.45. The molecule has 0 spiro atoms. The van der Waals surface area contributed by atoms with Gasteiger partial charge in [0.25, 0.3) is 0 Å². The zero-order valence-corrected chi connectivity index (χ0v) is 10.7. The summed E-state index contributed by atoms with van der Waals surface area (Å²) in [6.07, 6.45) is 7.13. The molecule has 0 aromatic carbocycles. The molecular formula is C14H22O2. The van der Waals surface area contributed by atoms with Crippen LogP contribution in [0.3, 0.4) is 0 Å². The molecule has 1 saturated carbocycles. The molecular weight excluding hydrogens is 200 g/mol. The molecule has 0 aliphatic heterocycles. The van der Waals surface area contributed by atoms with Gasteiger partial charge in [-0.15, -0.1) is 0 Å². The minimum atomic E-state index is -0.323. The highest BCUT2D eigenvalue weighted by molar-refractivity contribution is 5.66. The van der Waals surface area contributed by atoms with Crippen molar-refractivity contribution in [3.8, 4) is 0 Å². The maximum atomic E-state index is 11.2. The van der Waals surface area contributed by atoms with Crippen molar-refractivity contribution in [1.82, 2.24) is 0 Å². The Hall–Kier alpha value is -0.790. The largest absolute Gasteiger partial charge is 0.460 e. The van der Waals surface area contributed by atoms with E-state index in [1.165, 1.54) is 19.8 Å². The molecule has 0 radical (unpaired) electrons. The highest BCUT2D eigenvalue weighted by atomic mass is 16.6. The first-order valence-electron chi connectivity index (χ1n) is 6.33. The summed E-state index contributed by atoms with van der Waals surface area (Å²) in [5.41, 5.74) is -0.323. The normalized spacial score (nSPS) is 36.8. The van der Waals surface area contributed by atoms with Crippen LogP contribution < -0.4 is 0 Å². The molecule has 0 saturated heterocycles. The van der Waals surface area contributed by atoms with Gasteiger partial charge in [0.15, 0.2) is 0 Å². The van der Waals surface area contributed by atoms with Crippen molar-refractivity contribution in [1.29, 1.82) is 0 Å². The Bertz CT molecular complexity index is 317. The Morgan fingerprint density at radius 3 is 2.56 bits per heavy atom. The van der Waals surface area contributed by atoms with Crippen molar-refractivity contribution >= 4 is 5.97 Å². The van der Waals surface area contributed by atoms with Gasteiger partial charge in [0.05, 0.1) is 0 Å². The van der Waals surface area contributed by atoms with E-state index in [9.17, 15) is 4.79 Å². The van der Waals surface area contributed by atoms with E-state index in [0.717, 1.165) is 5.92 Å². The summed E-state index contributed by atoms with van der Waals surface area (Å²) in [6.45, 7) is 7.88. The fourth-order valence-corrected chi connectivity index (χ4v) is 3.95. The van der Waals surface area contributed by atoms with Crippen molar-refractivity contribution < 1.29 is 9.53 Å².